The van der Waals surface area contributed by atoms with E-state index in [9.17, 15) is 4.79 Å². The van der Waals surface area contributed by atoms with Gasteiger partial charge in [-0.3, -0.25) is 4.79 Å². The maximum atomic E-state index is 10.1. The van der Waals surface area contributed by atoms with Crippen molar-refractivity contribution >= 4 is 5.97 Å². The van der Waals surface area contributed by atoms with Crippen molar-refractivity contribution in [3.63, 3.8) is 0 Å². The molecule has 1 N–H and O–H groups in total. The van der Waals surface area contributed by atoms with E-state index in [2.05, 4.69) is 6.92 Å². The predicted molar refractivity (Wildman–Crippen MR) is 69.9 cm³/mol. The summed E-state index contributed by atoms with van der Waals surface area (Å²) in [4.78, 5) is 10.1. The Morgan fingerprint density at radius 3 is 2.29 bits per heavy atom. The topological polar surface area (TPSA) is 46.5 Å². The first-order valence-electron chi connectivity index (χ1n) is 6.42. The van der Waals surface area contributed by atoms with Crippen molar-refractivity contribution in [1.82, 2.24) is 0 Å². The number of allylic oxidation sites excluding steroid dienone is 2. The van der Waals surface area contributed by atoms with Crippen LogP contribution in [0.15, 0.2) is 24.5 Å². The molecule has 3 nitrogen and oxygen atoms in total. The third kappa shape index (κ3) is 14.8. The van der Waals surface area contributed by atoms with Crippen LogP contribution in [-0.4, -0.2) is 17.7 Å². The molecule has 0 fully saturated rings. The van der Waals surface area contributed by atoms with Gasteiger partial charge in [0.05, 0.1) is 6.26 Å². The Kier molecular flexibility index (Phi) is 11.9. The number of rotatable bonds is 7. The SMILES string of the molecule is C1=CCOC=C1.CCCCCCCCC(=O)O. The van der Waals surface area contributed by atoms with E-state index in [1.165, 1.54) is 25.7 Å². The van der Waals surface area contributed by atoms with Crippen LogP contribution in [0.25, 0.3) is 0 Å². The van der Waals surface area contributed by atoms with Crippen molar-refractivity contribution in [2.24, 2.45) is 0 Å². The fourth-order valence-electron chi connectivity index (χ4n) is 1.40. The number of carbonyl (C=O) groups is 1. The van der Waals surface area contributed by atoms with Crippen molar-refractivity contribution in [2.75, 3.05) is 6.61 Å². The van der Waals surface area contributed by atoms with Gasteiger partial charge in [-0.05, 0) is 18.6 Å². The Morgan fingerprint density at radius 1 is 1.18 bits per heavy atom. The van der Waals surface area contributed by atoms with Crippen LogP contribution in [0.3, 0.4) is 0 Å². The maximum Gasteiger partial charge on any atom is 0.303 e. The molecule has 3 heteroatoms. The molecule has 0 aromatic rings. The quantitative estimate of drug-likeness (QED) is 0.686. The second-order valence-electron chi connectivity index (χ2n) is 4.00. The van der Waals surface area contributed by atoms with Gasteiger partial charge in [0, 0.05) is 6.42 Å². The van der Waals surface area contributed by atoms with Gasteiger partial charge < -0.3 is 9.84 Å². The Balaban J connectivity index is 0.000000354. The minimum absolute atomic E-state index is 0.339. The summed E-state index contributed by atoms with van der Waals surface area (Å²) < 4.78 is 4.80. The molecular weight excluding hydrogens is 216 g/mol. The zero-order valence-corrected chi connectivity index (χ0v) is 10.7. The smallest absolute Gasteiger partial charge is 0.303 e. The zero-order valence-electron chi connectivity index (χ0n) is 10.7. The van der Waals surface area contributed by atoms with Gasteiger partial charge in [0.1, 0.15) is 6.61 Å². The van der Waals surface area contributed by atoms with Crippen LogP contribution in [-0.2, 0) is 9.53 Å². The Hall–Kier alpha value is -1.25. The van der Waals surface area contributed by atoms with Gasteiger partial charge in [0.2, 0.25) is 0 Å². The second kappa shape index (κ2) is 12.8. The first-order chi connectivity index (χ1) is 8.27. The van der Waals surface area contributed by atoms with Crippen molar-refractivity contribution in [1.29, 1.82) is 0 Å². The monoisotopic (exact) mass is 240 g/mol. The number of hydrogen-bond donors (Lipinski definition) is 1. The van der Waals surface area contributed by atoms with Crippen LogP contribution in [0.2, 0.25) is 0 Å². The zero-order chi connectivity index (χ0) is 12.8. The molecule has 0 saturated carbocycles. The summed E-state index contributed by atoms with van der Waals surface area (Å²) >= 11 is 0. The van der Waals surface area contributed by atoms with Crippen LogP contribution in [0.4, 0.5) is 0 Å². The second-order valence-corrected chi connectivity index (χ2v) is 4.00. The van der Waals surface area contributed by atoms with Crippen LogP contribution in [0, 0.1) is 0 Å². The number of carboxylic acids is 1. The highest BCUT2D eigenvalue weighted by molar-refractivity contribution is 5.66. The maximum absolute atomic E-state index is 10.1. The van der Waals surface area contributed by atoms with Crippen LogP contribution in [0.5, 0.6) is 0 Å². The summed E-state index contributed by atoms with van der Waals surface area (Å²) in [6.45, 7) is 2.91. The van der Waals surface area contributed by atoms with E-state index in [0.717, 1.165) is 19.4 Å². The molecule has 0 bridgehead atoms. The third-order valence-corrected chi connectivity index (χ3v) is 2.36. The Labute approximate surface area is 104 Å². The number of hydrogen-bond acceptors (Lipinski definition) is 2. The van der Waals surface area contributed by atoms with Gasteiger partial charge in [-0.1, -0.05) is 45.1 Å². The van der Waals surface area contributed by atoms with E-state index in [-0.39, 0.29) is 0 Å². The molecular formula is C14H24O3. The molecule has 17 heavy (non-hydrogen) atoms. The van der Waals surface area contributed by atoms with Crippen molar-refractivity contribution in [3.8, 4) is 0 Å². The van der Waals surface area contributed by atoms with Gasteiger partial charge in [0.25, 0.3) is 0 Å². The highest BCUT2D eigenvalue weighted by Gasteiger charge is 1.95. The molecule has 0 spiro atoms. The van der Waals surface area contributed by atoms with E-state index in [1.807, 2.05) is 18.2 Å². The molecule has 1 heterocycles. The van der Waals surface area contributed by atoms with Crippen molar-refractivity contribution in [3.05, 3.63) is 24.5 Å². The lowest BCUT2D eigenvalue weighted by Crippen LogP contribution is -1.93. The Morgan fingerprint density at radius 2 is 1.88 bits per heavy atom. The minimum Gasteiger partial charge on any atom is -0.497 e. The summed E-state index contributed by atoms with van der Waals surface area (Å²) in [6.07, 6.45) is 14.7. The molecule has 0 amide bonds. The lowest BCUT2D eigenvalue weighted by molar-refractivity contribution is -0.137. The molecule has 0 saturated heterocycles. The van der Waals surface area contributed by atoms with E-state index >= 15 is 0 Å². The summed E-state index contributed by atoms with van der Waals surface area (Å²) in [5.74, 6) is -0.666. The van der Waals surface area contributed by atoms with Gasteiger partial charge >= 0.3 is 5.97 Å². The van der Waals surface area contributed by atoms with Crippen LogP contribution in [0.1, 0.15) is 51.9 Å². The standard InChI is InChI=1S/C9H18O2.C5H6O/c1-2-3-4-5-6-7-8-9(10)11;1-2-4-6-5-3-1/h2-8H2,1H3,(H,10,11);1-4H,5H2. The van der Waals surface area contributed by atoms with Gasteiger partial charge in [-0.25, -0.2) is 0 Å². The molecule has 0 atom stereocenters. The largest absolute Gasteiger partial charge is 0.497 e. The van der Waals surface area contributed by atoms with Crippen LogP contribution < -0.4 is 0 Å². The van der Waals surface area contributed by atoms with E-state index in [1.54, 1.807) is 6.26 Å². The first kappa shape index (κ1) is 15.8. The van der Waals surface area contributed by atoms with Gasteiger partial charge in [0.15, 0.2) is 0 Å². The highest BCUT2D eigenvalue weighted by Crippen LogP contribution is 2.06. The summed E-state index contributed by atoms with van der Waals surface area (Å²) in [5.41, 5.74) is 0. The lowest BCUT2D eigenvalue weighted by Gasteiger charge is -1.97. The van der Waals surface area contributed by atoms with E-state index < -0.39 is 5.97 Å². The predicted octanol–water partition coefficient (Wildman–Crippen LogP) is 3.91. The average molecular weight is 240 g/mol. The molecule has 0 aliphatic carbocycles. The van der Waals surface area contributed by atoms with Gasteiger partial charge in [-0.15, -0.1) is 0 Å². The molecule has 1 aliphatic heterocycles. The number of carboxylic acid groups (broad SMARTS) is 1. The molecule has 0 aromatic heterocycles. The average Bonchev–Trinajstić information content (AvgIpc) is 2.36. The third-order valence-electron chi connectivity index (χ3n) is 2.36. The molecule has 98 valence electrons. The molecule has 0 aromatic carbocycles. The summed E-state index contributed by atoms with van der Waals surface area (Å²) in [6, 6.07) is 0. The fourth-order valence-corrected chi connectivity index (χ4v) is 1.40. The summed E-state index contributed by atoms with van der Waals surface area (Å²) in [7, 11) is 0. The van der Waals surface area contributed by atoms with Crippen molar-refractivity contribution in [2.45, 2.75) is 51.9 Å². The molecule has 0 unspecified atom stereocenters. The number of aliphatic carboxylic acids is 1. The summed E-state index contributed by atoms with van der Waals surface area (Å²) in [5, 5.41) is 8.32. The Bertz CT molecular complexity index is 220. The highest BCUT2D eigenvalue weighted by atomic mass is 16.5. The molecule has 1 rings (SSSR count). The fraction of sp³-hybridized carbons (Fsp3) is 0.643. The number of unbranched alkanes of at least 4 members (excludes halogenated alkanes) is 5. The molecule has 1 aliphatic rings. The van der Waals surface area contributed by atoms with Gasteiger partial charge in [-0.2, -0.15) is 0 Å². The first-order valence-corrected chi connectivity index (χ1v) is 6.42. The van der Waals surface area contributed by atoms with Crippen molar-refractivity contribution < 1.29 is 14.6 Å². The van der Waals surface area contributed by atoms with Crippen LogP contribution >= 0.6 is 0 Å². The lowest BCUT2D eigenvalue weighted by atomic mass is 10.1. The minimum atomic E-state index is -0.666. The molecule has 0 radical (unpaired) electrons. The van der Waals surface area contributed by atoms with E-state index in [4.69, 9.17) is 9.84 Å². The van der Waals surface area contributed by atoms with E-state index in [0.29, 0.717) is 6.42 Å². The normalized spacial score (nSPS) is 12.5. The number of ether oxygens (including phenoxy) is 1.